The summed E-state index contributed by atoms with van der Waals surface area (Å²) in [5.74, 6) is 2.40. The molecular formula is C24H32N8O. The van der Waals surface area contributed by atoms with Crippen LogP contribution in [0.1, 0.15) is 48.6 Å². The van der Waals surface area contributed by atoms with Crippen LogP contribution in [0, 0.1) is 6.92 Å². The maximum Gasteiger partial charge on any atom is 0.153 e. The van der Waals surface area contributed by atoms with Gasteiger partial charge in [-0.3, -0.25) is 15.0 Å². The van der Waals surface area contributed by atoms with Crippen LogP contribution >= 0.6 is 0 Å². The third-order valence-electron chi connectivity index (χ3n) is 7.29. The first-order valence-corrected chi connectivity index (χ1v) is 12.1. The molecule has 2 bridgehead atoms. The van der Waals surface area contributed by atoms with Gasteiger partial charge in [0.1, 0.15) is 11.6 Å². The monoisotopic (exact) mass is 448 g/mol. The second-order valence-corrected chi connectivity index (χ2v) is 9.74. The molecule has 0 aliphatic carbocycles. The van der Waals surface area contributed by atoms with Crippen LogP contribution in [0.15, 0.2) is 18.2 Å². The Morgan fingerprint density at radius 3 is 2.64 bits per heavy atom. The number of nitrogen functional groups attached to an aromatic ring is 1. The molecule has 33 heavy (non-hydrogen) atoms. The van der Waals surface area contributed by atoms with E-state index in [4.69, 9.17) is 15.5 Å². The molecule has 0 amide bonds. The van der Waals surface area contributed by atoms with Crippen LogP contribution in [0.2, 0.25) is 0 Å². The SMILES string of the molecule is Cc1cc(Nc2nc(N)cc3nc(CN4CCOCC4)c(C4C[C@H]5CC[C@@H](C4)N5)cc23)n[nH]1. The van der Waals surface area contributed by atoms with E-state index in [1.54, 1.807) is 0 Å². The number of anilines is 3. The van der Waals surface area contributed by atoms with E-state index in [0.29, 0.717) is 29.6 Å². The van der Waals surface area contributed by atoms with Gasteiger partial charge in [0.05, 0.1) is 24.4 Å². The molecule has 3 atom stereocenters. The first-order chi connectivity index (χ1) is 16.1. The highest BCUT2D eigenvalue weighted by Crippen LogP contribution is 2.40. The summed E-state index contributed by atoms with van der Waals surface area (Å²) in [7, 11) is 0. The molecule has 3 aliphatic rings. The molecule has 1 unspecified atom stereocenters. The third-order valence-corrected chi connectivity index (χ3v) is 7.29. The van der Waals surface area contributed by atoms with Gasteiger partial charge in [-0.2, -0.15) is 5.10 Å². The Hall–Kier alpha value is -2.75. The number of aromatic nitrogens is 4. The molecule has 0 radical (unpaired) electrons. The molecule has 3 saturated heterocycles. The van der Waals surface area contributed by atoms with Crippen molar-refractivity contribution in [2.75, 3.05) is 37.4 Å². The lowest BCUT2D eigenvalue weighted by atomic mass is 9.84. The zero-order chi connectivity index (χ0) is 22.4. The summed E-state index contributed by atoms with van der Waals surface area (Å²) in [6.07, 6.45) is 4.90. The van der Waals surface area contributed by atoms with Crippen LogP contribution in [-0.2, 0) is 11.3 Å². The fourth-order valence-corrected chi connectivity index (χ4v) is 5.71. The number of hydrogen-bond acceptors (Lipinski definition) is 8. The number of hydrogen-bond donors (Lipinski definition) is 4. The molecule has 174 valence electrons. The van der Waals surface area contributed by atoms with E-state index >= 15 is 0 Å². The van der Waals surface area contributed by atoms with Crippen LogP contribution in [0.4, 0.5) is 17.5 Å². The molecule has 5 N–H and O–H groups in total. The molecule has 3 aromatic rings. The summed E-state index contributed by atoms with van der Waals surface area (Å²) in [6.45, 7) is 6.28. The van der Waals surface area contributed by atoms with Crippen molar-refractivity contribution in [1.29, 1.82) is 0 Å². The Balaban J connectivity index is 1.43. The molecule has 3 aromatic heterocycles. The fraction of sp³-hybridized carbons (Fsp3) is 0.542. The van der Waals surface area contributed by atoms with E-state index in [1.807, 2.05) is 19.1 Å². The van der Waals surface area contributed by atoms with Crippen LogP contribution in [0.25, 0.3) is 10.9 Å². The number of morpholine rings is 1. The Morgan fingerprint density at radius 2 is 1.91 bits per heavy atom. The maximum absolute atomic E-state index is 6.19. The molecule has 0 aromatic carbocycles. The van der Waals surface area contributed by atoms with Gasteiger partial charge in [0.2, 0.25) is 0 Å². The smallest absolute Gasteiger partial charge is 0.153 e. The zero-order valence-corrected chi connectivity index (χ0v) is 19.1. The minimum atomic E-state index is 0.453. The lowest BCUT2D eigenvalue weighted by Gasteiger charge is -2.32. The number of ether oxygens (including phenoxy) is 1. The van der Waals surface area contributed by atoms with Crippen molar-refractivity contribution in [2.45, 2.75) is 57.2 Å². The van der Waals surface area contributed by atoms with Gasteiger partial charge in [0, 0.05) is 54.9 Å². The molecule has 3 aliphatic heterocycles. The molecule has 6 heterocycles. The largest absolute Gasteiger partial charge is 0.384 e. The van der Waals surface area contributed by atoms with Crippen molar-refractivity contribution >= 4 is 28.4 Å². The summed E-state index contributed by atoms with van der Waals surface area (Å²) >= 11 is 0. The standard InChI is InChI=1S/C24H32N8O/c1-14-8-23(31-30-14)29-24-19-11-18(15-9-16-2-3-17(10-15)26-16)21(13-32-4-6-33-7-5-32)27-20(19)12-22(25)28-24/h8,11-12,15-17,26H,2-7,9-10,13H2,1H3,(H4,25,28,29,30,31)/t15?,16-,17+. The van der Waals surface area contributed by atoms with Crippen molar-refractivity contribution in [3.05, 3.63) is 35.2 Å². The number of fused-ring (bicyclic) bond motifs is 3. The average molecular weight is 449 g/mol. The van der Waals surface area contributed by atoms with E-state index in [9.17, 15) is 0 Å². The van der Waals surface area contributed by atoms with Gasteiger partial charge >= 0.3 is 0 Å². The summed E-state index contributed by atoms with van der Waals surface area (Å²) in [4.78, 5) is 12.3. The lowest BCUT2D eigenvalue weighted by molar-refractivity contribution is 0.0335. The number of H-pyrrole nitrogens is 1. The summed E-state index contributed by atoms with van der Waals surface area (Å²) in [5.41, 5.74) is 10.6. The first-order valence-electron chi connectivity index (χ1n) is 12.1. The number of piperidine rings is 1. The molecule has 9 heteroatoms. The molecule has 9 nitrogen and oxygen atoms in total. The van der Waals surface area contributed by atoms with Crippen molar-refractivity contribution in [3.8, 4) is 0 Å². The van der Waals surface area contributed by atoms with Gasteiger partial charge in [-0.25, -0.2) is 4.98 Å². The molecule has 0 spiro atoms. The van der Waals surface area contributed by atoms with Gasteiger partial charge in [-0.1, -0.05) is 0 Å². The summed E-state index contributed by atoms with van der Waals surface area (Å²) < 4.78 is 5.57. The quantitative estimate of drug-likeness (QED) is 0.471. The minimum absolute atomic E-state index is 0.453. The van der Waals surface area contributed by atoms with Crippen molar-refractivity contribution in [2.24, 2.45) is 0 Å². The van der Waals surface area contributed by atoms with E-state index in [0.717, 1.165) is 55.3 Å². The second-order valence-electron chi connectivity index (χ2n) is 9.74. The highest BCUT2D eigenvalue weighted by atomic mass is 16.5. The zero-order valence-electron chi connectivity index (χ0n) is 19.1. The number of aryl methyl sites for hydroxylation is 1. The van der Waals surface area contributed by atoms with Gasteiger partial charge < -0.3 is 21.1 Å². The molecule has 3 fully saturated rings. The number of nitrogens with two attached hydrogens (primary N) is 1. The molecule has 6 rings (SSSR count). The van der Waals surface area contributed by atoms with Crippen molar-refractivity contribution in [1.82, 2.24) is 30.4 Å². The van der Waals surface area contributed by atoms with Crippen LogP contribution < -0.4 is 16.4 Å². The van der Waals surface area contributed by atoms with Crippen LogP contribution in [0.3, 0.4) is 0 Å². The summed E-state index contributed by atoms with van der Waals surface area (Å²) in [5, 5.41) is 15.4. The van der Waals surface area contributed by atoms with Gasteiger partial charge in [-0.05, 0) is 50.2 Å². The number of aromatic amines is 1. The minimum Gasteiger partial charge on any atom is -0.384 e. The Kier molecular flexibility index (Phi) is 5.40. The topological polar surface area (TPSA) is 117 Å². The Bertz CT molecular complexity index is 1140. The van der Waals surface area contributed by atoms with Gasteiger partial charge in [0.25, 0.3) is 0 Å². The van der Waals surface area contributed by atoms with Crippen molar-refractivity contribution in [3.63, 3.8) is 0 Å². The normalized spacial score (nSPS) is 25.5. The fourth-order valence-electron chi connectivity index (χ4n) is 5.71. The maximum atomic E-state index is 6.19. The van der Waals surface area contributed by atoms with Crippen LogP contribution in [0.5, 0.6) is 0 Å². The average Bonchev–Trinajstić information content (AvgIpc) is 3.37. The number of rotatable bonds is 5. The number of nitrogens with one attached hydrogen (secondary N) is 3. The first kappa shape index (κ1) is 20.8. The predicted octanol–water partition coefficient (Wildman–Crippen LogP) is 2.82. The van der Waals surface area contributed by atoms with E-state index < -0.39 is 0 Å². The van der Waals surface area contributed by atoms with E-state index in [-0.39, 0.29) is 0 Å². The van der Waals surface area contributed by atoms with Gasteiger partial charge in [0.15, 0.2) is 5.82 Å². The Labute approximate surface area is 193 Å². The molecule has 0 saturated carbocycles. The van der Waals surface area contributed by atoms with Crippen molar-refractivity contribution < 1.29 is 4.74 Å². The summed E-state index contributed by atoms with van der Waals surface area (Å²) in [6, 6.07) is 7.41. The third kappa shape index (κ3) is 4.28. The van der Waals surface area contributed by atoms with Gasteiger partial charge in [-0.15, -0.1) is 0 Å². The predicted molar refractivity (Wildman–Crippen MR) is 129 cm³/mol. The number of nitrogens with zero attached hydrogens (tertiary/aromatic N) is 4. The molecular weight excluding hydrogens is 416 g/mol. The second kappa shape index (κ2) is 8.55. The lowest BCUT2D eigenvalue weighted by Crippen LogP contribution is -2.38. The highest BCUT2D eigenvalue weighted by molar-refractivity contribution is 5.93. The number of pyridine rings is 2. The highest BCUT2D eigenvalue weighted by Gasteiger charge is 2.35. The van der Waals surface area contributed by atoms with Crippen LogP contribution in [-0.4, -0.2) is 63.5 Å². The Morgan fingerprint density at radius 1 is 1.12 bits per heavy atom. The van der Waals surface area contributed by atoms with E-state index in [2.05, 4.69) is 36.8 Å². The van der Waals surface area contributed by atoms with E-state index in [1.165, 1.54) is 36.9 Å².